The van der Waals surface area contributed by atoms with Gasteiger partial charge in [-0.2, -0.15) is 0 Å². The topological polar surface area (TPSA) is 22.1 Å². The molecule has 0 bridgehead atoms. The number of aryl methyl sites for hydroxylation is 1. The lowest BCUT2D eigenvalue weighted by Crippen LogP contribution is -1.89. The Balaban J connectivity index is 2.30. The van der Waals surface area contributed by atoms with Gasteiger partial charge in [0.15, 0.2) is 0 Å². The van der Waals surface area contributed by atoms with Crippen LogP contribution in [0.5, 0.6) is 11.5 Å². The SMILES string of the molecule is Cc1cnc(Cl)cc1Oc1cccc(I)c1. The van der Waals surface area contributed by atoms with Crippen LogP contribution >= 0.6 is 34.2 Å². The van der Waals surface area contributed by atoms with Crippen LogP contribution in [0.15, 0.2) is 36.5 Å². The van der Waals surface area contributed by atoms with Gasteiger partial charge in [0.1, 0.15) is 16.7 Å². The van der Waals surface area contributed by atoms with E-state index in [-0.39, 0.29) is 0 Å². The molecule has 0 amide bonds. The van der Waals surface area contributed by atoms with Gasteiger partial charge in [0.05, 0.1) is 0 Å². The summed E-state index contributed by atoms with van der Waals surface area (Å²) >= 11 is 8.07. The maximum absolute atomic E-state index is 5.82. The molecule has 2 aromatic rings. The second-order valence-corrected chi connectivity index (χ2v) is 4.96. The first kappa shape index (κ1) is 11.7. The van der Waals surface area contributed by atoms with Gasteiger partial charge in [-0.3, -0.25) is 0 Å². The fourth-order valence-corrected chi connectivity index (χ4v) is 1.91. The van der Waals surface area contributed by atoms with E-state index >= 15 is 0 Å². The Morgan fingerprint density at radius 2 is 2.12 bits per heavy atom. The summed E-state index contributed by atoms with van der Waals surface area (Å²) in [5.74, 6) is 1.54. The zero-order valence-corrected chi connectivity index (χ0v) is 11.5. The molecule has 0 atom stereocenters. The maximum Gasteiger partial charge on any atom is 0.134 e. The first-order chi connectivity index (χ1) is 7.65. The van der Waals surface area contributed by atoms with Crippen LogP contribution in [0.4, 0.5) is 0 Å². The standard InChI is InChI=1S/C12H9ClINO/c1-8-7-15-12(13)6-11(8)16-10-4-2-3-9(14)5-10/h2-7H,1H3. The second kappa shape index (κ2) is 5.01. The highest BCUT2D eigenvalue weighted by molar-refractivity contribution is 14.1. The number of benzene rings is 1. The summed E-state index contributed by atoms with van der Waals surface area (Å²) in [7, 11) is 0. The van der Waals surface area contributed by atoms with Crippen molar-refractivity contribution in [3.63, 3.8) is 0 Å². The Hall–Kier alpha value is -0.810. The molecule has 4 heteroatoms. The lowest BCUT2D eigenvalue weighted by Gasteiger charge is -2.08. The number of hydrogen-bond donors (Lipinski definition) is 0. The van der Waals surface area contributed by atoms with E-state index in [0.717, 1.165) is 20.6 Å². The number of rotatable bonds is 2. The van der Waals surface area contributed by atoms with Crippen molar-refractivity contribution in [2.45, 2.75) is 6.92 Å². The number of ether oxygens (including phenoxy) is 1. The van der Waals surface area contributed by atoms with Crippen molar-refractivity contribution in [1.82, 2.24) is 4.98 Å². The minimum atomic E-state index is 0.436. The molecule has 1 heterocycles. The van der Waals surface area contributed by atoms with Gasteiger partial charge in [0.2, 0.25) is 0 Å². The van der Waals surface area contributed by atoms with Gasteiger partial charge in [-0.25, -0.2) is 4.98 Å². The van der Waals surface area contributed by atoms with Crippen LogP contribution < -0.4 is 4.74 Å². The van der Waals surface area contributed by atoms with Crippen molar-refractivity contribution in [3.05, 3.63) is 50.8 Å². The molecule has 16 heavy (non-hydrogen) atoms. The van der Waals surface area contributed by atoms with E-state index in [1.807, 2.05) is 31.2 Å². The Morgan fingerprint density at radius 1 is 1.31 bits per heavy atom. The van der Waals surface area contributed by atoms with Crippen LogP contribution in [-0.2, 0) is 0 Å². The molecule has 2 rings (SSSR count). The number of pyridine rings is 1. The maximum atomic E-state index is 5.82. The lowest BCUT2D eigenvalue weighted by molar-refractivity contribution is 0.477. The van der Waals surface area contributed by atoms with Crippen molar-refractivity contribution in [2.24, 2.45) is 0 Å². The predicted molar refractivity (Wildman–Crippen MR) is 73.2 cm³/mol. The van der Waals surface area contributed by atoms with E-state index < -0.39 is 0 Å². The first-order valence-corrected chi connectivity index (χ1v) is 6.16. The summed E-state index contributed by atoms with van der Waals surface area (Å²) in [6.07, 6.45) is 1.70. The normalized spacial score (nSPS) is 10.2. The monoisotopic (exact) mass is 345 g/mol. The molecule has 1 aromatic heterocycles. The van der Waals surface area contributed by atoms with Gasteiger partial charge in [-0.05, 0) is 47.7 Å². The Kier molecular flexibility index (Phi) is 3.66. The lowest BCUT2D eigenvalue weighted by atomic mass is 10.3. The van der Waals surface area contributed by atoms with Crippen molar-refractivity contribution in [2.75, 3.05) is 0 Å². The number of aromatic nitrogens is 1. The molecule has 0 aliphatic heterocycles. The molecule has 0 aliphatic carbocycles. The summed E-state index contributed by atoms with van der Waals surface area (Å²) in [4.78, 5) is 3.98. The van der Waals surface area contributed by atoms with Crippen molar-refractivity contribution in [1.29, 1.82) is 0 Å². The first-order valence-electron chi connectivity index (χ1n) is 4.71. The molecule has 0 radical (unpaired) electrons. The fraction of sp³-hybridized carbons (Fsp3) is 0.0833. The van der Waals surface area contributed by atoms with Gasteiger partial charge in [0, 0.05) is 21.4 Å². The summed E-state index contributed by atoms with van der Waals surface area (Å²) < 4.78 is 6.87. The van der Waals surface area contributed by atoms with Gasteiger partial charge in [-0.15, -0.1) is 0 Å². The third-order valence-electron chi connectivity index (χ3n) is 2.04. The quantitative estimate of drug-likeness (QED) is 0.593. The molecule has 0 unspecified atom stereocenters. The molecule has 0 fully saturated rings. The van der Waals surface area contributed by atoms with Gasteiger partial charge in [-0.1, -0.05) is 17.7 Å². The van der Waals surface area contributed by atoms with Crippen LogP contribution in [0, 0.1) is 10.5 Å². The predicted octanol–water partition coefficient (Wildman–Crippen LogP) is 4.44. The highest BCUT2D eigenvalue weighted by Crippen LogP contribution is 2.27. The number of hydrogen-bond acceptors (Lipinski definition) is 2. The van der Waals surface area contributed by atoms with Crippen molar-refractivity contribution < 1.29 is 4.74 Å². The van der Waals surface area contributed by atoms with E-state index in [2.05, 4.69) is 27.6 Å². The van der Waals surface area contributed by atoms with Crippen LogP contribution in [-0.4, -0.2) is 4.98 Å². The van der Waals surface area contributed by atoms with Crippen molar-refractivity contribution >= 4 is 34.2 Å². The largest absolute Gasteiger partial charge is 0.457 e. The summed E-state index contributed by atoms with van der Waals surface area (Å²) in [5.41, 5.74) is 0.961. The highest BCUT2D eigenvalue weighted by atomic mass is 127. The fourth-order valence-electron chi connectivity index (χ4n) is 1.25. The van der Waals surface area contributed by atoms with Crippen LogP contribution in [0.25, 0.3) is 0 Å². The average Bonchev–Trinajstić information content (AvgIpc) is 2.24. The minimum Gasteiger partial charge on any atom is -0.457 e. The number of nitrogens with zero attached hydrogens (tertiary/aromatic N) is 1. The van der Waals surface area contributed by atoms with E-state index in [0.29, 0.717) is 5.15 Å². The summed E-state index contributed by atoms with van der Waals surface area (Å²) in [5, 5.41) is 0.436. The highest BCUT2D eigenvalue weighted by Gasteiger charge is 2.03. The Morgan fingerprint density at radius 3 is 2.88 bits per heavy atom. The van der Waals surface area contributed by atoms with Gasteiger partial charge >= 0.3 is 0 Å². The molecule has 1 aromatic carbocycles. The minimum absolute atomic E-state index is 0.436. The van der Waals surface area contributed by atoms with Crippen LogP contribution in [0.1, 0.15) is 5.56 Å². The van der Waals surface area contributed by atoms with E-state index in [1.54, 1.807) is 12.3 Å². The summed E-state index contributed by atoms with van der Waals surface area (Å²) in [6, 6.07) is 9.57. The second-order valence-electron chi connectivity index (χ2n) is 3.33. The van der Waals surface area contributed by atoms with E-state index in [1.165, 1.54) is 0 Å². The molecular weight excluding hydrogens is 336 g/mol. The Bertz CT molecular complexity index is 516. The molecule has 2 nitrogen and oxygen atoms in total. The molecule has 0 spiro atoms. The molecular formula is C12H9ClINO. The van der Waals surface area contributed by atoms with Crippen LogP contribution in [0.3, 0.4) is 0 Å². The molecule has 0 saturated heterocycles. The third-order valence-corrected chi connectivity index (χ3v) is 2.92. The smallest absolute Gasteiger partial charge is 0.134 e. The van der Waals surface area contributed by atoms with E-state index in [9.17, 15) is 0 Å². The average molecular weight is 346 g/mol. The van der Waals surface area contributed by atoms with Crippen LogP contribution in [0.2, 0.25) is 5.15 Å². The van der Waals surface area contributed by atoms with Gasteiger partial charge in [0.25, 0.3) is 0 Å². The molecule has 0 N–H and O–H groups in total. The van der Waals surface area contributed by atoms with Crippen molar-refractivity contribution in [3.8, 4) is 11.5 Å². The number of halogens is 2. The zero-order valence-electron chi connectivity index (χ0n) is 8.58. The Labute approximate surface area is 113 Å². The molecule has 0 saturated carbocycles. The van der Waals surface area contributed by atoms with E-state index in [4.69, 9.17) is 16.3 Å². The third kappa shape index (κ3) is 2.86. The molecule has 82 valence electrons. The molecule has 0 aliphatic rings. The zero-order chi connectivity index (χ0) is 11.5. The van der Waals surface area contributed by atoms with Gasteiger partial charge < -0.3 is 4.74 Å². The summed E-state index contributed by atoms with van der Waals surface area (Å²) in [6.45, 7) is 1.94.